The van der Waals surface area contributed by atoms with Crippen LogP contribution in [0.2, 0.25) is 0 Å². The van der Waals surface area contributed by atoms with Crippen LogP contribution in [0.25, 0.3) is 0 Å². The molecule has 0 atom stereocenters. The molecule has 0 unspecified atom stereocenters. The predicted molar refractivity (Wildman–Crippen MR) is 117 cm³/mol. The lowest BCUT2D eigenvalue weighted by atomic mass is 9.87. The first-order valence-corrected chi connectivity index (χ1v) is 11.7. The van der Waals surface area contributed by atoms with Gasteiger partial charge in [-0.1, -0.05) is 39.0 Å². The second-order valence-corrected chi connectivity index (χ2v) is 10.5. The van der Waals surface area contributed by atoms with E-state index in [-0.39, 0.29) is 22.3 Å². The molecule has 0 bridgehead atoms. The van der Waals surface area contributed by atoms with Gasteiger partial charge >= 0.3 is 0 Å². The van der Waals surface area contributed by atoms with E-state index in [1.165, 1.54) is 17.7 Å². The van der Waals surface area contributed by atoms with Crippen LogP contribution in [0.15, 0.2) is 47.4 Å². The van der Waals surface area contributed by atoms with Gasteiger partial charge in [0.05, 0.1) is 11.4 Å². The van der Waals surface area contributed by atoms with Gasteiger partial charge in [-0.05, 0) is 60.6 Å². The van der Waals surface area contributed by atoms with Gasteiger partial charge in [-0.15, -0.1) is 0 Å². The van der Waals surface area contributed by atoms with Gasteiger partial charge in [0.25, 0.3) is 5.91 Å². The normalized spacial score (nSPS) is 14.4. The summed E-state index contributed by atoms with van der Waals surface area (Å²) in [7, 11) is -3.60. The van der Waals surface area contributed by atoms with Crippen molar-refractivity contribution in [1.29, 1.82) is 0 Å². The first-order valence-electron chi connectivity index (χ1n) is 10.2. The van der Waals surface area contributed by atoms with E-state index in [1.54, 1.807) is 13.0 Å². The van der Waals surface area contributed by atoms with Gasteiger partial charge in [-0.2, -0.15) is 0 Å². The molecule has 0 saturated heterocycles. The molecule has 0 heterocycles. The Balaban J connectivity index is 1.55. The zero-order chi connectivity index (χ0) is 21.9. The van der Waals surface area contributed by atoms with E-state index in [0.29, 0.717) is 18.7 Å². The van der Waals surface area contributed by atoms with Crippen LogP contribution in [0.1, 0.15) is 55.1 Å². The average Bonchev–Trinajstić information content (AvgIpc) is 3.48. The van der Waals surface area contributed by atoms with Crippen molar-refractivity contribution in [2.24, 2.45) is 0 Å². The van der Waals surface area contributed by atoms with Gasteiger partial charge in [0.2, 0.25) is 10.0 Å². The quantitative estimate of drug-likeness (QED) is 0.628. The summed E-state index contributed by atoms with van der Waals surface area (Å²) in [4.78, 5) is 12.7. The van der Waals surface area contributed by atoms with Gasteiger partial charge < -0.3 is 10.1 Å². The van der Waals surface area contributed by atoms with Crippen LogP contribution in [0.4, 0.5) is 0 Å². The maximum absolute atomic E-state index is 12.6. The van der Waals surface area contributed by atoms with Crippen molar-refractivity contribution in [3.8, 4) is 5.75 Å². The summed E-state index contributed by atoms with van der Waals surface area (Å²) in [6, 6.07) is 12.6. The standard InChI is InChI=1S/C23H30N2O4S/c1-16-5-12-20(30(27,28)25-18-8-9-18)15-21(16)22(26)24-13-14-29-19-10-6-17(7-11-19)23(2,3)4/h5-7,10-12,15,18,25H,8-9,13-14H2,1-4H3,(H,24,26). The number of hydrogen-bond acceptors (Lipinski definition) is 4. The van der Waals surface area contributed by atoms with Crippen LogP contribution >= 0.6 is 0 Å². The van der Waals surface area contributed by atoms with Gasteiger partial charge in [-0.25, -0.2) is 13.1 Å². The topological polar surface area (TPSA) is 84.5 Å². The van der Waals surface area contributed by atoms with Crippen LogP contribution in [-0.2, 0) is 15.4 Å². The van der Waals surface area contributed by atoms with Gasteiger partial charge in [0.1, 0.15) is 12.4 Å². The fourth-order valence-electron chi connectivity index (χ4n) is 2.98. The predicted octanol–water partition coefficient (Wildman–Crippen LogP) is 3.54. The number of carbonyl (C=O) groups excluding carboxylic acids is 1. The Hall–Kier alpha value is -2.38. The molecule has 1 saturated carbocycles. The number of benzene rings is 2. The molecule has 1 aliphatic carbocycles. The zero-order valence-corrected chi connectivity index (χ0v) is 18.8. The van der Waals surface area contributed by atoms with E-state index >= 15 is 0 Å². The number of rotatable bonds is 8. The summed E-state index contributed by atoms with van der Waals surface area (Å²) in [5.74, 6) is 0.426. The lowest BCUT2D eigenvalue weighted by molar-refractivity contribution is 0.0946. The summed E-state index contributed by atoms with van der Waals surface area (Å²) in [5, 5.41) is 2.80. The average molecular weight is 431 g/mol. The first kappa shape index (κ1) is 22.3. The third-order valence-electron chi connectivity index (χ3n) is 5.04. The van der Waals surface area contributed by atoms with Gasteiger partial charge in [0.15, 0.2) is 0 Å². The van der Waals surface area contributed by atoms with E-state index in [2.05, 4.69) is 30.8 Å². The molecule has 1 fully saturated rings. The highest BCUT2D eigenvalue weighted by molar-refractivity contribution is 7.89. The summed E-state index contributed by atoms with van der Waals surface area (Å²) in [6.45, 7) is 8.89. The van der Waals surface area contributed by atoms with Crippen molar-refractivity contribution < 1.29 is 17.9 Å². The summed E-state index contributed by atoms with van der Waals surface area (Å²) < 4.78 is 33.2. The van der Waals surface area contributed by atoms with Crippen molar-refractivity contribution >= 4 is 15.9 Å². The molecule has 2 aromatic carbocycles. The highest BCUT2D eigenvalue weighted by Gasteiger charge is 2.28. The fourth-order valence-corrected chi connectivity index (χ4v) is 4.31. The van der Waals surface area contributed by atoms with Crippen LogP contribution in [0, 0.1) is 6.92 Å². The largest absolute Gasteiger partial charge is 0.492 e. The lowest BCUT2D eigenvalue weighted by Gasteiger charge is -2.19. The van der Waals surface area contributed by atoms with Crippen LogP contribution < -0.4 is 14.8 Å². The molecule has 6 nitrogen and oxygen atoms in total. The van der Waals surface area contributed by atoms with Gasteiger partial charge in [0, 0.05) is 11.6 Å². The third kappa shape index (κ3) is 5.83. The van der Waals surface area contributed by atoms with E-state index < -0.39 is 10.0 Å². The second-order valence-electron chi connectivity index (χ2n) is 8.75. The molecule has 0 aromatic heterocycles. The SMILES string of the molecule is Cc1ccc(S(=O)(=O)NC2CC2)cc1C(=O)NCCOc1ccc(C(C)(C)C)cc1. The first-order chi connectivity index (χ1) is 14.1. The number of aryl methyl sites for hydroxylation is 1. The Morgan fingerprint density at radius 2 is 1.77 bits per heavy atom. The number of amides is 1. The molecular weight excluding hydrogens is 400 g/mol. The molecule has 0 aliphatic heterocycles. The van der Waals surface area contributed by atoms with E-state index in [1.807, 2.05) is 24.3 Å². The summed E-state index contributed by atoms with van der Waals surface area (Å²) in [6.07, 6.45) is 1.72. The van der Waals surface area contributed by atoms with Crippen molar-refractivity contribution in [1.82, 2.24) is 10.0 Å². The Morgan fingerprint density at radius 3 is 2.37 bits per heavy atom. The monoisotopic (exact) mass is 430 g/mol. The number of hydrogen-bond donors (Lipinski definition) is 2. The van der Waals surface area contributed by atoms with Crippen molar-refractivity contribution in [3.05, 3.63) is 59.2 Å². The molecule has 0 radical (unpaired) electrons. The summed E-state index contributed by atoms with van der Waals surface area (Å²) >= 11 is 0. The Morgan fingerprint density at radius 1 is 1.10 bits per heavy atom. The number of carbonyl (C=O) groups is 1. The molecule has 1 aliphatic rings. The molecule has 1 amide bonds. The molecular formula is C23H30N2O4S. The minimum Gasteiger partial charge on any atom is -0.492 e. The summed E-state index contributed by atoms with van der Waals surface area (Å²) in [5.41, 5.74) is 2.38. The van der Waals surface area contributed by atoms with Crippen molar-refractivity contribution in [2.45, 2.75) is 56.9 Å². The third-order valence-corrected chi connectivity index (χ3v) is 6.56. The van der Waals surface area contributed by atoms with Gasteiger partial charge in [-0.3, -0.25) is 4.79 Å². The maximum atomic E-state index is 12.6. The Bertz CT molecular complexity index is 1000. The molecule has 2 aromatic rings. The minimum absolute atomic E-state index is 0.0168. The van der Waals surface area contributed by atoms with Crippen LogP contribution in [0.5, 0.6) is 5.75 Å². The highest BCUT2D eigenvalue weighted by atomic mass is 32.2. The van der Waals surface area contributed by atoms with E-state index in [0.717, 1.165) is 24.2 Å². The molecule has 2 N–H and O–H groups in total. The van der Waals surface area contributed by atoms with E-state index in [4.69, 9.17) is 4.74 Å². The molecule has 0 spiro atoms. The van der Waals surface area contributed by atoms with Crippen LogP contribution in [-0.4, -0.2) is 33.5 Å². The Kier molecular flexibility index (Phi) is 6.53. The number of nitrogens with one attached hydrogen (secondary N) is 2. The number of sulfonamides is 1. The Labute approximate surface area is 179 Å². The maximum Gasteiger partial charge on any atom is 0.251 e. The van der Waals surface area contributed by atoms with Crippen molar-refractivity contribution in [3.63, 3.8) is 0 Å². The highest BCUT2D eigenvalue weighted by Crippen LogP contribution is 2.25. The fraction of sp³-hybridized carbons (Fsp3) is 0.435. The molecule has 3 rings (SSSR count). The smallest absolute Gasteiger partial charge is 0.251 e. The molecule has 30 heavy (non-hydrogen) atoms. The molecule has 162 valence electrons. The molecule has 7 heteroatoms. The van der Waals surface area contributed by atoms with E-state index in [9.17, 15) is 13.2 Å². The minimum atomic E-state index is -3.60. The zero-order valence-electron chi connectivity index (χ0n) is 18.0. The van der Waals surface area contributed by atoms with Crippen LogP contribution in [0.3, 0.4) is 0 Å². The number of ether oxygens (including phenoxy) is 1. The second kappa shape index (κ2) is 8.78. The lowest BCUT2D eigenvalue weighted by Crippen LogP contribution is -2.29. The van der Waals surface area contributed by atoms with Crippen molar-refractivity contribution in [2.75, 3.05) is 13.2 Å².